The minimum atomic E-state index is -3.61. The summed E-state index contributed by atoms with van der Waals surface area (Å²) in [4.78, 5) is 12.2. The molecule has 2 aromatic carbocycles. The molecule has 0 saturated carbocycles. The van der Waals surface area contributed by atoms with Crippen LogP contribution in [0, 0.1) is 0 Å². The van der Waals surface area contributed by atoms with E-state index in [1.54, 1.807) is 17.7 Å². The first-order valence-corrected chi connectivity index (χ1v) is 10.9. The van der Waals surface area contributed by atoms with Gasteiger partial charge in [0.15, 0.2) is 0 Å². The summed E-state index contributed by atoms with van der Waals surface area (Å²) in [5, 5.41) is 5.65. The Morgan fingerprint density at radius 2 is 1.79 bits per heavy atom. The van der Waals surface area contributed by atoms with E-state index in [1.807, 2.05) is 24.3 Å². The van der Waals surface area contributed by atoms with Crippen molar-refractivity contribution in [1.82, 2.24) is 5.43 Å². The number of carbonyl (C=O) groups is 1. The molecule has 1 aromatic heterocycles. The highest BCUT2D eigenvalue weighted by Gasteiger charge is 2.15. The Morgan fingerprint density at radius 1 is 1.07 bits per heavy atom. The van der Waals surface area contributed by atoms with Gasteiger partial charge in [0.25, 0.3) is 15.9 Å². The lowest BCUT2D eigenvalue weighted by Crippen LogP contribution is -2.17. The molecular formula is C20H19N3O3S2. The van der Waals surface area contributed by atoms with Crippen LogP contribution in [-0.2, 0) is 16.4 Å². The molecule has 0 atom stereocenters. The quantitative estimate of drug-likeness (QED) is 0.455. The molecule has 0 aliphatic rings. The SMILES string of the molecule is CCc1ccc(/C=N\NC(=O)c2ccc(NS(=O)(=O)c3cccs3)cc2)cc1. The average molecular weight is 414 g/mol. The number of hydrogen-bond acceptors (Lipinski definition) is 5. The molecule has 0 bridgehead atoms. The normalized spacial score (nSPS) is 11.5. The van der Waals surface area contributed by atoms with E-state index in [0.29, 0.717) is 11.3 Å². The first-order chi connectivity index (χ1) is 13.5. The van der Waals surface area contributed by atoms with Crippen molar-refractivity contribution in [3.63, 3.8) is 0 Å². The van der Waals surface area contributed by atoms with Crippen LogP contribution in [0.4, 0.5) is 5.69 Å². The molecule has 0 saturated heterocycles. The lowest BCUT2D eigenvalue weighted by molar-refractivity contribution is 0.0955. The monoisotopic (exact) mass is 413 g/mol. The van der Waals surface area contributed by atoms with Crippen molar-refractivity contribution in [2.75, 3.05) is 4.72 Å². The molecule has 0 aliphatic heterocycles. The lowest BCUT2D eigenvalue weighted by Gasteiger charge is -2.07. The van der Waals surface area contributed by atoms with E-state index < -0.39 is 10.0 Å². The molecule has 0 radical (unpaired) electrons. The van der Waals surface area contributed by atoms with Gasteiger partial charge >= 0.3 is 0 Å². The van der Waals surface area contributed by atoms with E-state index in [1.165, 1.54) is 35.9 Å². The van der Waals surface area contributed by atoms with Crippen LogP contribution in [0.5, 0.6) is 0 Å². The first-order valence-electron chi connectivity index (χ1n) is 8.56. The van der Waals surface area contributed by atoms with Crippen LogP contribution < -0.4 is 10.1 Å². The summed E-state index contributed by atoms with van der Waals surface area (Å²) in [5.74, 6) is -0.380. The molecule has 0 spiro atoms. The Balaban J connectivity index is 1.59. The van der Waals surface area contributed by atoms with E-state index in [4.69, 9.17) is 0 Å². The van der Waals surface area contributed by atoms with Gasteiger partial charge in [-0.25, -0.2) is 13.8 Å². The number of nitrogens with one attached hydrogen (secondary N) is 2. The van der Waals surface area contributed by atoms with E-state index in [-0.39, 0.29) is 10.1 Å². The third-order valence-electron chi connectivity index (χ3n) is 3.93. The van der Waals surface area contributed by atoms with Crippen LogP contribution in [0.25, 0.3) is 0 Å². The third kappa shape index (κ3) is 5.05. The number of benzene rings is 2. The van der Waals surface area contributed by atoms with Gasteiger partial charge in [0.05, 0.1) is 6.21 Å². The number of aryl methyl sites for hydroxylation is 1. The summed E-state index contributed by atoms with van der Waals surface area (Å²) in [6, 6.07) is 17.2. The Bertz CT molecular complexity index is 1060. The molecule has 0 fully saturated rings. The highest BCUT2D eigenvalue weighted by molar-refractivity contribution is 7.94. The molecule has 28 heavy (non-hydrogen) atoms. The van der Waals surface area contributed by atoms with Gasteiger partial charge in [-0.15, -0.1) is 11.3 Å². The molecule has 3 rings (SSSR count). The number of thiophene rings is 1. The second kappa shape index (κ2) is 8.81. The van der Waals surface area contributed by atoms with Crippen LogP contribution in [0.2, 0.25) is 0 Å². The van der Waals surface area contributed by atoms with Crippen LogP contribution in [-0.4, -0.2) is 20.5 Å². The molecular weight excluding hydrogens is 394 g/mol. The number of anilines is 1. The largest absolute Gasteiger partial charge is 0.279 e. The number of hydrazone groups is 1. The predicted molar refractivity (Wildman–Crippen MR) is 112 cm³/mol. The zero-order valence-corrected chi connectivity index (χ0v) is 16.8. The zero-order valence-electron chi connectivity index (χ0n) is 15.1. The van der Waals surface area contributed by atoms with Crippen LogP contribution >= 0.6 is 11.3 Å². The van der Waals surface area contributed by atoms with Gasteiger partial charge < -0.3 is 0 Å². The van der Waals surface area contributed by atoms with Gasteiger partial charge in [-0.1, -0.05) is 37.3 Å². The molecule has 144 valence electrons. The molecule has 1 amide bonds. The topological polar surface area (TPSA) is 87.6 Å². The van der Waals surface area contributed by atoms with Crippen LogP contribution in [0.15, 0.2) is 75.4 Å². The molecule has 6 nitrogen and oxygen atoms in total. The molecule has 3 aromatic rings. The van der Waals surface area contributed by atoms with Gasteiger partial charge in [-0.3, -0.25) is 9.52 Å². The Labute approximate surface area is 168 Å². The summed E-state index contributed by atoms with van der Waals surface area (Å²) in [6.07, 6.45) is 2.54. The highest BCUT2D eigenvalue weighted by Crippen LogP contribution is 2.20. The van der Waals surface area contributed by atoms with Gasteiger partial charge in [0.2, 0.25) is 0 Å². The zero-order chi connectivity index (χ0) is 20.0. The minimum absolute atomic E-state index is 0.232. The molecule has 2 N–H and O–H groups in total. The summed E-state index contributed by atoms with van der Waals surface area (Å²) in [6.45, 7) is 2.09. The summed E-state index contributed by atoms with van der Waals surface area (Å²) >= 11 is 1.14. The highest BCUT2D eigenvalue weighted by atomic mass is 32.2. The molecule has 8 heteroatoms. The fourth-order valence-corrected chi connectivity index (χ4v) is 4.43. The summed E-state index contributed by atoms with van der Waals surface area (Å²) < 4.78 is 27.1. The van der Waals surface area contributed by atoms with Gasteiger partial charge in [0.1, 0.15) is 4.21 Å². The van der Waals surface area contributed by atoms with Crippen molar-refractivity contribution >= 4 is 39.2 Å². The molecule has 1 heterocycles. The number of nitrogens with zero attached hydrogens (tertiary/aromatic N) is 1. The van der Waals surface area contributed by atoms with Crippen molar-refractivity contribution in [1.29, 1.82) is 0 Å². The summed E-state index contributed by atoms with van der Waals surface area (Å²) in [7, 11) is -3.61. The van der Waals surface area contributed by atoms with E-state index in [2.05, 4.69) is 22.2 Å². The smallest absolute Gasteiger partial charge is 0.271 e. The maximum Gasteiger partial charge on any atom is 0.271 e. The van der Waals surface area contributed by atoms with Gasteiger partial charge in [-0.05, 0) is 53.3 Å². The number of amides is 1. The standard InChI is InChI=1S/C20H19N3O3S2/c1-2-15-5-7-16(8-6-15)14-21-22-20(24)17-9-11-18(12-10-17)23-28(25,26)19-4-3-13-27-19/h3-14,23H,2H2,1H3,(H,22,24)/b21-14-. The molecule has 0 unspecified atom stereocenters. The lowest BCUT2D eigenvalue weighted by atomic mass is 10.1. The van der Waals surface area contributed by atoms with Crippen molar-refractivity contribution in [3.8, 4) is 0 Å². The Morgan fingerprint density at radius 3 is 2.39 bits per heavy atom. The molecule has 0 aliphatic carbocycles. The first kappa shape index (κ1) is 19.8. The Hall–Kier alpha value is -2.97. The van der Waals surface area contributed by atoms with Crippen molar-refractivity contribution in [2.45, 2.75) is 17.6 Å². The van der Waals surface area contributed by atoms with Crippen molar-refractivity contribution < 1.29 is 13.2 Å². The second-order valence-electron chi connectivity index (χ2n) is 5.91. The van der Waals surface area contributed by atoms with E-state index in [0.717, 1.165) is 23.3 Å². The van der Waals surface area contributed by atoms with Crippen LogP contribution in [0.1, 0.15) is 28.4 Å². The van der Waals surface area contributed by atoms with Gasteiger partial charge in [0, 0.05) is 11.3 Å². The maximum absolute atomic E-state index is 12.2. The second-order valence-corrected chi connectivity index (χ2v) is 8.77. The number of carbonyl (C=O) groups excluding carboxylic acids is 1. The van der Waals surface area contributed by atoms with Gasteiger partial charge in [-0.2, -0.15) is 5.10 Å². The number of hydrogen-bond donors (Lipinski definition) is 2. The minimum Gasteiger partial charge on any atom is -0.279 e. The van der Waals surface area contributed by atoms with Crippen molar-refractivity contribution in [2.24, 2.45) is 5.10 Å². The van der Waals surface area contributed by atoms with Crippen molar-refractivity contribution in [3.05, 3.63) is 82.7 Å². The fourth-order valence-electron chi connectivity index (χ4n) is 2.38. The average Bonchev–Trinajstić information content (AvgIpc) is 3.25. The third-order valence-corrected chi connectivity index (χ3v) is 6.71. The predicted octanol–water partition coefficient (Wildman–Crippen LogP) is 3.88. The van der Waals surface area contributed by atoms with Crippen LogP contribution in [0.3, 0.4) is 0 Å². The maximum atomic E-state index is 12.2. The summed E-state index contributed by atoms with van der Waals surface area (Å²) in [5.41, 5.74) is 5.33. The Kier molecular flexibility index (Phi) is 6.23. The number of sulfonamides is 1. The fraction of sp³-hybridized carbons (Fsp3) is 0.100. The van der Waals surface area contributed by atoms with E-state index in [9.17, 15) is 13.2 Å². The van der Waals surface area contributed by atoms with E-state index >= 15 is 0 Å². The number of rotatable bonds is 7.